The van der Waals surface area contributed by atoms with E-state index in [0.29, 0.717) is 15.5 Å². The van der Waals surface area contributed by atoms with Crippen LogP contribution in [-0.2, 0) is 0 Å². The minimum atomic E-state index is -0.791. The normalized spacial score (nSPS) is 10.5. The second-order valence-corrected chi connectivity index (χ2v) is 3.61. The van der Waals surface area contributed by atoms with E-state index in [9.17, 15) is 9.90 Å². The van der Waals surface area contributed by atoms with Crippen molar-refractivity contribution in [3.63, 3.8) is 0 Å². The van der Waals surface area contributed by atoms with Gasteiger partial charge in [-0.15, -0.1) is 0 Å². The minimum Gasteiger partial charge on any atom is -0.504 e. The third-order valence-corrected chi connectivity index (χ3v) is 2.53. The fourth-order valence-electron chi connectivity index (χ4n) is 1.26. The fourth-order valence-corrected chi connectivity index (χ4v) is 1.75. The molecule has 0 atom stereocenters. The fraction of sp³-hybridized carbons (Fsp3) is 0. The summed E-state index contributed by atoms with van der Waals surface area (Å²) in [4.78, 5) is 18.8. The van der Waals surface area contributed by atoms with Crippen molar-refractivity contribution in [2.75, 3.05) is 0 Å². The van der Waals surface area contributed by atoms with Crippen molar-refractivity contribution in [1.29, 1.82) is 0 Å². The molecule has 2 aromatic rings. The second-order valence-electron chi connectivity index (χ2n) is 2.86. The molecule has 5 nitrogen and oxygen atoms in total. The van der Waals surface area contributed by atoms with E-state index in [1.165, 1.54) is 6.20 Å². The SMILES string of the molecule is NC(=O)c1nc(Br)c2cccnc2c1O. The van der Waals surface area contributed by atoms with Gasteiger partial charge in [0, 0.05) is 11.6 Å². The Morgan fingerprint density at radius 1 is 1.53 bits per heavy atom. The average Bonchev–Trinajstić information content (AvgIpc) is 2.23. The molecule has 3 N–H and O–H groups in total. The Morgan fingerprint density at radius 2 is 2.27 bits per heavy atom. The van der Waals surface area contributed by atoms with E-state index in [0.717, 1.165) is 0 Å². The van der Waals surface area contributed by atoms with Crippen molar-refractivity contribution in [2.45, 2.75) is 0 Å². The summed E-state index contributed by atoms with van der Waals surface area (Å²) in [5.74, 6) is -1.08. The van der Waals surface area contributed by atoms with Gasteiger partial charge in [-0.05, 0) is 28.1 Å². The smallest absolute Gasteiger partial charge is 0.271 e. The number of primary amides is 1. The van der Waals surface area contributed by atoms with Crippen molar-refractivity contribution < 1.29 is 9.90 Å². The zero-order chi connectivity index (χ0) is 11.0. The third-order valence-electron chi connectivity index (χ3n) is 1.92. The van der Waals surface area contributed by atoms with Crippen molar-refractivity contribution >= 4 is 32.7 Å². The summed E-state index contributed by atoms with van der Waals surface area (Å²) in [6, 6.07) is 3.43. The molecule has 0 radical (unpaired) electrons. The number of aromatic hydroxyl groups is 1. The number of aromatic nitrogens is 2. The van der Waals surface area contributed by atoms with Crippen LogP contribution in [0, 0.1) is 0 Å². The molecule has 0 saturated carbocycles. The number of carbonyl (C=O) groups is 1. The number of nitrogens with two attached hydrogens (primary N) is 1. The lowest BCUT2D eigenvalue weighted by atomic mass is 10.2. The lowest BCUT2D eigenvalue weighted by Gasteiger charge is -2.04. The van der Waals surface area contributed by atoms with Gasteiger partial charge in [-0.2, -0.15) is 0 Å². The highest BCUT2D eigenvalue weighted by Gasteiger charge is 2.16. The Bertz CT molecular complexity index is 556. The number of halogens is 1. The van der Waals surface area contributed by atoms with E-state index >= 15 is 0 Å². The molecule has 0 saturated heterocycles. The molecule has 76 valence electrons. The summed E-state index contributed by atoms with van der Waals surface area (Å²) in [7, 11) is 0. The standard InChI is InChI=1S/C9H6BrN3O2/c10-8-4-2-1-3-12-5(4)7(14)6(13-8)9(11)15/h1-3,14H,(H2,11,15). The molecule has 2 rings (SSSR count). The van der Waals surface area contributed by atoms with Crippen molar-refractivity contribution in [2.24, 2.45) is 5.73 Å². The van der Waals surface area contributed by atoms with Crippen LogP contribution in [0.5, 0.6) is 5.75 Å². The molecule has 1 amide bonds. The van der Waals surface area contributed by atoms with Crippen LogP contribution in [0.3, 0.4) is 0 Å². The molecule has 6 heteroatoms. The van der Waals surface area contributed by atoms with E-state index in [1.54, 1.807) is 12.1 Å². The maximum atomic E-state index is 11.0. The zero-order valence-corrected chi connectivity index (χ0v) is 9.02. The van der Waals surface area contributed by atoms with Crippen LogP contribution in [-0.4, -0.2) is 21.0 Å². The number of hydrogen-bond acceptors (Lipinski definition) is 4. The summed E-state index contributed by atoms with van der Waals surface area (Å²) < 4.78 is 0.428. The van der Waals surface area contributed by atoms with Gasteiger partial charge in [0.15, 0.2) is 11.4 Å². The Balaban J connectivity index is 2.90. The molecule has 0 unspecified atom stereocenters. The largest absolute Gasteiger partial charge is 0.504 e. The van der Waals surface area contributed by atoms with Crippen LogP contribution >= 0.6 is 15.9 Å². The molecule has 0 fully saturated rings. The highest BCUT2D eigenvalue weighted by molar-refractivity contribution is 9.10. The number of carbonyl (C=O) groups excluding carboxylic acids is 1. The minimum absolute atomic E-state index is 0.187. The third kappa shape index (κ3) is 1.52. The number of nitrogens with zero attached hydrogens (tertiary/aromatic N) is 2. The van der Waals surface area contributed by atoms with Gasteiger partial charge in [0.25, 0.3) is 5.91 Å². The summed E-state index contributed by atoms with van der Waals surface area (Å²) in [5, 5.41) is 10.3. The van der Waals surface area contributed by atoms with Gasteiger partial charge in [0.1, 0.15) is 10.1 Å². The molecule has 2 heterocycles. The van der Waals surface area contributed by atoms with Crippen LogP contribution in [0.25, 0.3) is 10.9 Å². The Hall–Kier alpha value is -1.69. The highest BCUT2D eigenvalue weighted by atomic mass is 79.9. The summed E-state index contributed by atoms with van der Waals surface area (Å²) in [6.45, 7) is 0. The molecular formula is C9H6BrN3O2. The van der Waals surface area contributed by atoms with Gasteiger partial charge in [-0.25, -0.2) is 4.98 Å². The van der Waals surface area contributed by atoms with E-state index in [2.05, 4.69) is 25.9 Å². The van der Waals surface area contributed by atoms with Crippen LogP contribution in [0.15, 0.2) is 22.9 Å². The van der Waals surface area contributed by atoms with Gasteiger partial charge >= 0.3 is 0 Å². The lowest BCUT2D eigenvalue weighted by molar-refractivity contribution is 0.0993. The predicted molar refractivity (Wildman–Crippen MR) is 57.4 cm³/mol. The molecule has 15 heavy (non-hydrogen) atoms. The zero-order valence-electron chi connectivity index (χ0n) is 7.44. The van der Waals surface area contributed by atoms with Gasteiger partial charge in [0.05, 0.1) is 0 Å². The molecular weight excluding hydrogens is 262 g/mol. The molecule has 0 aromatic carbocycles. The first kappa shape index (κ1) is 9.85. The average molecular weight is 268 g/mol. The Labute approximate surface area is 93.1 Å². The predicted octanol–water partition coefficient (Wildman–Crippen LogP) is 1.20. The van der Waals surface area contributed by atoms with E-state index < -0.39 is 5.91 Å². The first-order valence-corrected chi connectivity index (χ1v) is 4.83. The summed E-state index contributed by atoms with van der Waals surface area (Å²) in [6.07, 6.45) is 1.51. The molecule has 0 aliphatic rings. The summed E-state index contributed by atoms with van der Waals surface area (Å²) >= 11 is 3.18. The molecule has 0 aliphatic heterocycles. The van der Waals surface area contributed by atoms with E-state index in [4.69, 9.17) is 5.73 Å². The Morgan fingerprint density at radius 3 is 2.93 bits per heavy atom. The van der Waals surface area contributed by atoms with Crippen LogP contribution < -0.4 is 5.73 Å². The van der Waals surface area contributed by atoms with Crippen LogP contribution in [0.1, 0.15) is 10.5 Å². The van der Waals surface area contributed by atoms with Crippen molar-refractivity contribution in [1.82, 2.24) is 9.97 Å². The highest BCUT2D eigenvalue weighted by Crippen LogP contribution is 2.29. The number of rotatable bonds is 1. The number of fused-ring (bicyclic) bond motifs is 1. The number of amides is 1. The topological polar surface area (TPSA) is 89.1 Å². The Kier molecular flexibility index (Phi) is 2.28. The molecule has 2 aromatic heterocycles. The van der Waals surface area contributed by atoms with E-state index in [-0.39, 0.29) is 11.4 Å². The first-order valence-electron chi connectivity index (χ1n) is 4.04. The molecule has 0 aliphatic carbocycles. The van der Waals surface area contributed by atoms with Crippen molar-refractivity contribution in [3.8, 4) is 5.75 Å². The maximum absolute atomic E-state index is 11.0. The van der Waals surface area contributed by atoms with Gasteiger partial charge in [-0.1, -0.05) is 0 Å². The number of hydrogen-bond donors (Lipinski definition) is 2. The van der Waals surface area contributed by atoms with Crippen molar-refractivity contribution in [3.05, 3.63) is 28.6 Å². The molecule has 0 bridgehead atoms. The van der Waals surface area contributed by atoms with Crippen LogP contribution in [0.2, 0.25) is 0 Å². The quantitative estimate of drug-likeness (QED) is 0.760. The second kappa shape index (κ2) is 3.47. The molecule has 0 spiro atoms. The van der Waals surface area contributed by atoms with Gasteiger partial charge in [-0.3, -0.25) is 9.78 Å². The first-order chi connectivity index (χ1) is 7.11. The summed E-state index contributed by atoms with van der Waals surface area (Å²) in [5.41, 5.74) is 5.18. The van der Waals surface area contributed by atoms with Gasteiger partial charge < -0.3 is 10.8 Å². The van der Waals surface area contributed by atoms with Crippen LogP contribution in [0.4, 0.5) is 0 Å². The maximum Gasteiger partial charge on any atom is 0.271 e. The monoisotopic (exact) mass is 267 g/mol. The van der Waals surface area contributed by atoms with Gasteiger partial charge in [0.2, 0.25) is 0 Å². The van der Waals surface area contributed by atoms with E-state index in [1.807, 2.05) is 0 Å². The lowest BCUT2D eigenvalue weighted by Crippen LogP contribution is -2.13. The number of pyridine rings is 2.